The van der Waals surface area contributed by atoms with Gasteiger partial charge in [-0.2, -0.15) is 0 Å². The third-order valence-electron chi connectivity index (χ3n) is 3.04. The van der Waals surface area contributed by atoms with Crippen LogP contribution in [0.25, 0.3) is 0 Å². The molecule has 4 nitrogen and oxygen atoms in total. The number of esters is 1. The summed E-state index contributed by atoms with van der Waals surface area (Å²) in [6.45, 7) is 2.45. The second-order valence-electron chi connectivity index (χ2n) is 4.52. The Hall–Kier alpha value is -1.65. The highest BCUT2D eigenvalue weighted by Gasteiger charge is 2.29. The van der Waals surface area contributed by atoms with Crippen LogP contribution in [0, 0.1) is 5.92 Å². The third kappa shape index (κ3) is 3.66. The topological polar surface area (TPSA) is 55.8 Å². The van der Waals surface area contributed by atoms with Crippen molar-refractivity contribution in [3.05, 3.63) is 47.7 Å². The van der Waals surface area contributed by atoms with Gasteiger partial charge in [0.1, 0.15) is 11.9 Å². The van der Waals surface area contributed by atoms with E-state index in [9.17, 15) is 9.90 Å². The molecule has 1 aliphatic heterocycles. The van der Waals surface area contributed by atoms with Gasteiger partial charge in [-0.1, -0.05) is 37.3 Å². The monoisotopic (exact) mass is 262 g/mol. The lowest BCUT2D eigenvalue weighted by Gasteiger charge is -2.11. The fourth-order valence-corrected chi connectivity index (χ4v) is 1.90. The minimum Gasteiger partial charge on any atom is -0.428 e. The van der Waals surface area contributed by atoms with Gasteiger partial charge < -0.3 is 14.6 Å². The minimum atomic E-state index is -0.885. The molecule has 1 N–H and O–H groups in total. The van der Waals surface area contributed by atoms with E-state index in [1.165, 1.54) is 0 Å². The molecule has 0 aliphatic carbocycles. The van der Waals surface area contributed by atoms with Gasteiger partial charge in [-0.3, -0.25) is 4.79 Å². The van der Waals surface area contributed by atoms with E-state index in [1.807, 2.05) is 37.3 Å². The summed E-state index contributed by atoms with van der Waals surface area (Å²) in [4.78, 5) is 11.4. The molecule has 0 bridgehead atoms. The van der Waals surface area contributed by atoms with E-state index in [0.717, 1.165) is 5.56 Å². The third-order valence-corrected chi connectivity index (χ3v) is 3.04. The number of carbonyl (C=O) groups excluding carboxylic acids is 1. The number of carbonyl (C=O) groups is 1. The first kappa shape index (κ1) is 13.8. The molecular formula is C15H18O4. The Kier molecular flexibility index (Phi) is 4.71. The van der Waals surface area contributed by atoms with Gasteiger partial charge in [-0.05, 0) is 18.1 Å². The molecule has 1 aromatic rings. The van der Waals surface area contributed by atoms with E-state index in [0.29, 0.717) is 18.8 Å². The first-order valence-electron chi connectivity index (χ1n) is 6.44. The highest BCUT2D eigenvalue weighted by atomic mass is 16.6. The Labute approximate surface area is 112 Å². The summed E-state index contributed by atoms with van der Waals surface area (Å²) in [6.07, 6.45) is 1.47. The SMILES string of the molecule is CC[C@@H]1C=C([C@H](O)COCc2ccccc2)OC1=O. The van der Waals surface area contributed by atoms with Crippen LogP contribution in [-0.4, -0.2) is 23.8 Å². The van der Waals surface area contributed by atoms with Gasteiger partial charge in [0.05, 0.1) is 19.1 Å². The Bertz CT molecular complexity index is 452. The molecule has 4 heteroatoms. The van der Waals surface area contributed by atoms with Crippen molar-refractivity contribution in [2.24, 2.45) is 5.92 Å². The highest BCUT2D eigenvalue weighted by Crippen LogP contribution is 2.23. The minimum absolute atomic E-state index is 0.116. The van der Waals surface area contributed by atoms with Gasteiger partial charge in [-0.25, -0.2) is 0 Å². The van der Waals surface area contributed by atoms with Gasteiger partial charge in [0.25, 0.3) is 0 Å². The molecule has 0 amide bonds. The Morgan fingerprint density at radius 2 is 2.11 bits per heavy atom. The number of rotatable bonds is 6. The van der Waals surface area contributed by atoms with Crippen molar-refractivity contribution in [1.82, 2.24) is 0 Å². The van der Waals surface area contributed by atoms with Crippen LogP contribution >= 0.6 is 0 Å². The molecule has 1 aliphatic rings. The van der Waals surface area contributed by atoms with E-state index >= 15 is 0 Å². The van der Waals surface area contributed by atoms with Gasteiger partial charge in [0.15, 0.2) is 0 Å². The van der Waals surface area contributed by atoms with E-state index in [-0.39, 0.29) is 18.5 Å². The largest absolute Gasteiger partial charge is 0.428 e. The zero-order valence-electron chi connectivity index (χ0n) is 10.9. The van der Waals surface area contributed by atoms with Gasteiger partial charge in [0, 0.05) is 0 Å². The van der Waals surface area contributed by atoms with Crippen LogP contribution in [0.3, 0.4) is 0 Å². The van der Waals surface area contributed by atoms with Crippen molar-refractivity contribution in [2.75, 3.05) is 6.61 Å². The number of benzene rings is 1. The van der Waals surface area contributed by atoms with E-state index in [2.05, 4.69) is 0 Å². The smallest absolute Gasteiger partial charge is 0.318 e. The number of cyclic esters (lactones) is 1. The lowest BCUT2D eigenvalue weighted by molar-refractivity contribution is -0.141. The summed E-state index contributed by atoms with van der Waals surface area (Å²) in [5.41, 5.74) is 1.04. The Morgan fingerprint density at radius 1 is 1.37 bits per heavy atom. The van der Waals surface area contributed by atoms with Crippen molar-refractivity contribution in [1.29, 1.82) is 0 Å². The molecule has 1 aromatic carbocycles. The number of ether oxygens (including phenoxy) is 2. The standard InChI is InChI=1S/C15H18O4/c1-2-12-8-14(19-15(12)17)13(16)10-18-9-11-6-4-3-5-7-11/h3-8,12-13,16H,2,9-10H2,1H3/t12-,13-/m1/s1. The molecular weight excluding hydrogens is 244 g/mol. The molecule has 1 heterocycles. The first-order chi connectivity index (χ1) is 9.20. The molecule has 2 atom stereocenters. The summed E-state index contributed by atoms with van der Waals surface area (Å²) in [5.74, 6) is -0.219. The van der Waals surface area contributed by atoms with E-state index in [4.69, 9.17) is 9.47 Å². The summed E-state index contributed by atoms with van der Waals surface area (Å²) in [6, 6.07) is 9.71. The lowest BCUT2D eigenvalue weighted by Crippen LogP contribution is -2.19. The summed E-state index contributed by atoms with van der Waals surface area (Å²) in [5, 5.41) is 9.89. The lowest BCUT2D eigenvalue weighted by atomic mass is 10.1. The maximum Gasteiger partial charge on any atom is 0.318 e. The zero-order chi connectivity index (χ0) is 13.7. The van der Waals surface area contributed by atoms with Gasteiger partial charge in [0.2, 0.25) is 0 Å². The van der Waals surface area contributed by atoms with Crippen LogP contribution < -0.4 is 0 Å². The van der Waals surface area contributed by atoms with Crippen LogP contribution in [0.1, 0.15) is 18.9 Å². The fourth-order valence-electron chi connectivity index (χ4n) is 1.90. The van der Waals surface area contributed by atoms with Gasteiger partial charge in [-0.15, -0.1) is 0 Å². The molecule has 0 saturated heterocycles. The van der Waals surface area contributed by atoms with Crippen molar-refractivity contribution < 1.29 is 19.4 Å². The molecule has 102 valence electrons. The summed E-state index contributed by atoms with van der Waals surface area (Å²) >= 11 is 0. The number of hydrogen-bond donors (Lipinski definition) is 1. The molecule has 0 aromatic heterocycles. The molecule has 0 radical (unpaired) electrons. The normalized spacial score (nSPS) is 20.0. The quantitative estimate of drug-likeness (QED) is 0.797. The predicted octanol–water partition coefficient (Wildman–Crippen LogP) is 2.03. The second kappa shape index (κ2) is 6.50. The zero-order valence-corrected chi connectivity index (χ0v) is 10.9. The van der Waals surface area contributed by atoms with Crippen LogP contribution in [0.2, 0.25) is 0 Å². The highest BCUT2D eigenvalue weighted by molar-refractivity contribution is 5.78. The second-order valence-corrected chi connectivity index (χ2v) is 4.52. The number of hydrogen-bond acceptors (Lipinski definition) is 4. The van der Waals surface area contributed by atoms with E-state index in [1.54, 1.807) is 6.08 Å². The molecule has 0 fully saturated rings. The van der Waals surface area contributed by atoms with Crippen LogP contribution in [0.15, 0.2) is 42.2 Å². The predicted molar refractivity (Wildman–Crippen MR) is 70.1 cm³/mol. The summed E-state index contributed by atoms with van der Waals surface area (Å²) < 4.78 is 10.4. The van der Waals surface area contributed by atoms with Crippen LogP contribution in [0.4, 0.5) is 0 Å². The number of aliphatic hydroxyl groups is 1. The maximum absolute atomic E-state index is 11.4. The first-order valence-corrected chi connectivity index (χ1v) is 6.44. The van der Waals surface area contributed by atoms with Crippen molar-refractivity contribution in [3.63, 3.8) is 0 Å². The molecule has 0 unspecified atom stereocenters. The van der Waals surface area contributed by atoms with Crippen molar-refractivity contribution in [2.45, 2.75) is 26.1 Å². The van der Waals surface area contributed by atoms with Crippen LogP contribution in [0.5, 0.6) is 0 Å². The molecule has 0 saturated carbocycles. The average Bonchev–Trinajstić information content (AvgIpc) is 2.81. The fraction of sp³-hybridized carbons (Fsp3) is 0.400. The molecule has 2 rings (SSSR count). The van der Waals surface area contributed by atoms with Gasteiger partial charge >= 0.3 is 5.97 Å². The Balaban J connectivity index is 1.79. The van der Waals surface area contributed by atoms with E-state index < -0.39 is 6.10 Å². The number of aliphatic hydroxyl groups excluding tert-OH is 1. The molecule has 0 spiro atoms. The maximum atomic E-state index is 11.4. The van der Waals surface area contributed by atoms with Crippen molar-refractivity contribution >= 4 is 5.97 Å². The van der Waals surface area contributed by atoms with Crippen LogP contribution in [-0.2, 0) is 20.9 Å². The average molecular weight is 262 g/mol. The Morgan fingerprint density at radius 3 is 2.74 bits per heavy atom. The molecule has 19 heavy (non-hydrogen) atoms. The van der Waals surface area contributed by atoms with Crippen molar-refractivity contribution in [3.8, 4) is 0 Å². The summed E-state index contributed by atoms with van der Waals surface area (Å²) in [7, 11) is 0.